The zero-order chi connectivity index (χ0) is 15.0. The van der Waals surface area contributed by atoms with Crippen LogP contribution in [0, 0.1) is 6.92 Å². The molecule has 0 fully saturated rings. The molecule has 0 bridgehead atoms. The second-order valence-corrected chi connectivity index (χ2v) is 7.10. The van der Waals surface area contributed by atoms with E-state index >= 15 is 0 Å². The molecule has 0 spiro atoms. The molecule has 5 heteroatoms. The van der Waals surface area contributed by atoms with Gasteiger partial charge in [0, 0.05) is 6.42 Å². The van der Waals surface area contributed by atoms with Gasteiger partial charge >= 0.3 is 0 Å². The van der Waals surface area contributed by atoms with Gasteiger partial charge in [-0.1, -0.05) is 36.4 Å². The molecule has 0 amide bonds. The first-order chi connectivity index (χ1) is 9.97. The highest BCUT2D eigenvalue weighted by atomic mass is 32.2. The number of nitrogens with one attached hydrogen (secondary N) is 1. The van der Waals surface area contributed by atoms with Crippen molar-refractivity contribution in [2.75, 3.05) is 0 Å². The topological polar surface area (TPSA) is 66.4 Å². The van der Waals surface area contributed by atoms with Crippen LogP contribution in [0.5, 0.6) is 0 Å². The van der Waals surface area contributed by atoms with E-state index in [-0.39, 0.29) is 4.90 Å². The van der Waals surface area contributed by atoms with Crippen molar-refractivity contribution in [3.63, 3.8) is 0 Å². The Balaban J connectivity index is 1.93. The van der Waals surface area contributed by atoms with Gasteiger partial charge in [-0.05, 0) is 35.7 Å². The molecule has 110 valence electrons. The number of hydrogen-bond acceptors (Lipinski definition) is 3. The lowest BCUT2D eigenvalue weighted by atomic mass is 10.1. The van der Waals surface area contributed by atoms with E-state index < -0.39 is 22.2 Å². The normalized spacial score (nSPS) is 21.2. The molecule has 1 aliphatic carbocycles. The molecule has 0 saturated carbocycles. The third-order valence-electron chi connectivity index (χ3n) is 3.79. The highest BCUT2D eigenvalue weighted by Gasteiger charge is 2.34. The van der Waals surface area contributed by atoms with Crippen LogP contribution in [-0.4, -0.2) is 19.6 Å². The number of rotatable bonds is 3. The fourth-order valence-corrected chi connectivity index (χ4v) is 4.09. The second-order valence-electron chi connectivity index (χ2n) is 5.39. The predicted molar refractivity (Wildman–Crippen MR) is 80.4 cm³/mol. The van der Waals surface area contributed by atoms with Gasteiger partial charge in [0.25, 0.3) is 0 Å². The van der Waals surface area contributed by atoms with E-state index in [1.54, 1.807) is 18.2 Å². The first-order valence-electron chi connectivity index (χ1n) is 6.82. The smallest absolute Gasteiger partial charge is 0.241 e. The molecule has 0 aromatic heterocycles. The standard InChI is InChI=1S/C16H17NO3S/c1-11-5-4-7-13(9-11)21(19,20)17-16-14-8-3-2-6-12(14)10-15(16)18/h2-9,15-18H,10H2,1H3. The molecular formula is C16H17NO3S. The average molecular weight is 303 g/mol. The molecule has 2 aromatic carbocycles. The van der Waals surface area contributed by atoms with Gasteiger partial charge in [0.05, 0.1) is 17.0 Å². The summed E-state index contributed by atoms with van der Waals surface area (Å²) in [5.41, 5.74) is 2.72. The van der Waals surface area contributed by atoms with Crippen LogP contribution in [0.25, 0.3) is 0 Å². The molecule has 2 N–H and O–H groups in total. The van der Waals surface area contributed by atoms with E-state index in [1.807, 2.05) is 37.3 Å². The lowest BCUT2D eigenvalue weighted by Gasteiger charge is -2.18. The second kappa shape index (κ2) is 5.26. The van der Waals surface area contributed by atoms with Gasteiger partial charge in [-0.2, -0.15) is 0 Å². The molecular weight excluding hydrogens is 286 g/mol. The van der Waals surface area contributed by atoms with Crippen LogP contribution >= 0.6 is 0 Å². The van der Waals surface area contributed by atoms with Crippen molar-refractivity contribution in [2.24, 2.45) is 0 Å². The summed E-state index contributed by atoms with van der Waals surface area (Å²) >= 11 is 0. The van der Waals surface area contributed by atoms with Gasteiger partial charge in [0.2, 0.25) is 10.0 Å². The predicted octanol–water partition coefficient (Wildman–Crippen LogP) is 1.93. The molecule has 0 aliphatic heterocycles. The summed E-state index contributed by atoms with van der Waals surface area (Å²) in [4.78, 5) is 0.221. The van der Waals surface area contributed by atoms with Crippen molar-refractivity contribution in [1.29, 1.82) is 0 Å². The number of aryl methyl sites for hydroxylation is 1. The highest BCUT2D eigenvalue weighted by Crippen LogP contribution is 2.32. The number of aliphatic hydroxyl groups excluding tert-OH is 1. The van der Waals surface area contributed by atoms with Crippen molar-refractivity contribution in [3.05, 3.63) is 65.2 Å². The number of sulfonamides is 1. The first kappa shape index (κ1) is 14.3. The Morgan fingerprint density at radius 1 is 1.14 bits per heavy atom. The third-order valence-corrected chi connectivity index (χ3v) is 5.22. The molecule has 0 saturated heterocycles. The lowest BCUT2D eigenvalue weighted by molar-refractivity contribution is 0.151. The van der Waals surface area contributed by atoms with Crippen molar-refractivity contribution in [1.82, 2.24) is 4.72 Å². The molecule has 2 unspecified atom stereocenters. The Kier molecular flexibility index (Phi) is 3.57. The fourth-order valence-electron chi connectivity index (χ4n) is 2.73. The van der Waals surface area contributed by atoms with E-state index in [4.69, 9.17) is 0 Å². The zero-order valence-electron chi connectivity index (χ0n) is 11.7. The largest absolute Gasteiger partial charge is 0.391 e. The van der Waals surface area contributed by atoms with Gasteiger partial charge in [-0.15, -0.1) is 0 Å². The number of fused-ring (bicyclic) bond motifs is 1. The summed E-state index contributed by atoms with van der Waals surface area (Å²) in [6.45, 7) is 1.85. The van der Waals surface area contributed by atoms with Crippen molar-refractivity contribution in [2.45, 2.75) is 30.4 Å². The Morgan fingerprint density at radius 3 is 2.67 bits per heavy atom. The van der Waals surface area contributed by atoms with Gasteiger partial charge in [0.15, 0.2) is 0 Å². The maximum Gasteiger partial charge on any atom is 0.241 e. The van der Waals surface area contributed by atoms with Crippen LogP contribution in [0.4, 0.5) is 0 Å². The number of aliphatic hydroxyl groups is 1. The quantitative estimate of drug-likeness (QED) is 0.910. The van der Waals surface area contributed by atoms with Crippen LogP contribution < -0.4 is 4.72 Å². The number of hydrogen-bond donors (Lipinski definition) is 2. The van der Waals surface area contributed by atoms with Crippen molar-refractivity contribution < 1.29 is 13.5 Å². The lowest BCUT2D eigenvalue weighted by Crippen LogP contribution is -2.33. The van der Waals surface area contributed by atoms with Gasteiger partial charge < -0.3 is 5.11 Å². The summed E-state index contributed by atoms with van der Waals surface area (Å²) in [6, 6.07) is 13.7. The molecule has 2 atom stereocenters. The van der Waals surface area contributed by atoms with Gasteiger partial charge in [-0.25, -0.2) is 13.1 Å². The fraction of sp³-hybridized carbons (Fsp3) is 0.250. The first-order valence-corrected chi connectivity index (χ1v) is 8.30. The van der Waals surface area contributed by atoms with Crippen LogP contribution in [0.2, 0.25) is 0 Å². The molecule has 0 heterocycles. The Labute approximate surface area is 124 Å². The maximum atomic E-state index is 12.5. The van der Waals surface area contributed by atoms with Crippen LogP contribution in [-0.2, 0) is 16.4 Å². The van der Waals surface area contributed by atoms with E-state index in [2.05, 4.69) is 4.72 Å². The van der Waals surface area contributed by atoms with Crippen LogP contribution in [0.3, 0.4) is 0 Å². The average Bonchev–Trinajstić information content (AvgIpc) is 2.75. The minimum atomic E-state index is -3.65. The molecule has 0 radical (unpaired) electrons. The summed E-state index contributed by atoms with van der Waals surface area (Å²) < 4.78 is 27.6. The van der Waals surface area contributed by atoms with Crippen LogP contribution in [0.15, 0.2) is 53.4 Å². The van der Waals surface area contributed by atoms with E-state index in [0.29, 0.717) is 6.42 Å². The highest BCUT2D eigenvalue weighted by molar-refractivity contribution is 7.89. The van der Waals surface area contributed by atoms with E-state index in [1.165, 1.54) is 0 Å². The Bertz CT molecular complexity index is 771. The summed E-state index contributed by atoms with van der Waals surface area (Å²) in [5.74, 6) is 0. The maximum absolute atomic E-state index is 12.5. The summed E-state index contributed by atoms with van der Waals surface area (Å²) in [6.07, 6.45) is -0.265. The monoisotopic (exact) mass is 303 g/mol. The zero-order valence-corrected chi connectivity index (χ0v) is 12.5. The minimum Gasteiger partial charge on any atom is -0.391 e. The molecule has 21 heavy (non-hydrogen) atoms. The van der Waals surface area contributed by atoms with E-state index in [9.17, 15) is 13.5 Å². The molecule has 2 aromatic rings. The molecule has 4 nitrogen and oxygen atoms in total. The molecule has 1 aliphatic rings. The van der Waals surface area contributed by atoms with Gasteiger partial charge in [-0.3, -0.25) is 0 Å². The summed E-state index contributed by atoms with van der Waals surface area (Å²) in [5, 5.41) is 10.1. The van der Waals surface area contributed by atoms with Crippen molar-refractivity contribution >= 4 is 10.0 Å². The number of benzene rings is 2. The van der Waals surface area contributed by atoms with Gasteiger partial charge in [0.1, 0.15) is 0 Å². The Hall–Kier alpha value is -1.69. The third kappa shape index (κ3) is 2.72. The van der Waals surface area contributed by atoms with Crippen LogP contribution in [0.1, 0.15) is 22.7 Å². The van der Waals surface area contributed by atoms with Crippen molar-refractivity contribution in [3.8, 4) is 0 Å². The van der Waals surface area contributed by atoms with E-state index in [0.717, 1.165) is 16.7 Å². The molecule has 3 rings (SSSR count). The SMILES string of the molecule is Cc1cccc(S(=O)(=O)NC2c3ccccc3CC2O)c1. The Morgan fingerprint density at radius 2 is 1.90 bits per heavy atom. The summed E-state index contributed by atoms with van der Waals surface area (Å²) in [7, 11) is -3.65. The minimum absolute atomic E-state index is 0.221.